The molecule has 1 aromatic carbocycles. The van der Waals surface area contributed by atoms with E-state index in [1.165, 1.54) is 11.3 Å². The van der Waals surface area contributed by atoms with E-state index in [4.69, 9.17) is 0 Å². The molecule has 0 bridgehead atoms. The Hall–Kier alpha value is -2.18. The summed E-state index contributed by atoms with van der Waals surface area (Å²) < 4.78 is 0. The molecule has 3 heterocycles. The Labute approximate surface area is 157 Å². The highest BCUT2D eigenvalue weighted by molar-refractivity contribution is 7.12. The number of thiophene rings is 1. The van der Waals surface area contributed by atoms with Gasteiger partial charge in [-0.15, -0.1) is 11.3 Å². The SMILES string of the molecule is O=C(Nc1ccccc1C(=O)N1CC[C@@H]2CNC[C@@H]2CC1)c1cccs1. The molecule has 26 heavy (non-hydrogen) atoms. The van der Waals surface area contributed by atoms with Crippen molar-refractivity contribution < 1.29 is 9.59 Å². The minimum atomic E-state index is -0.170. The van der Waals surface area contributed by atoms with E-state index in [1.54, 1.807) is 18.2 Å². The van der Waals surface area contributed by atoms with E-state index in [2.05, 4.69) is 10.6 Å². The molecule has 0 aliphatic carbocycles. The molecule has 5 nitrogen and oxygen atoms in total. The number of anilines is 1. The third-order valence-corrected chi connectivity index (χ3v) is 6.33. The summed E-state index contributed by atoms with van der Waals surface area (Å²) in [6.07, 6.45) is 2.10. The zero-order valence-corrected chi connectivity index (χ0v) is 15.4. The lowest BCUT2D eigenvalue weighted by Crippen LogP contribution is -2.33. The van der Waals surface area contributed by atoms with Gasteiger partial charge in [-0.25, -0.2) is 0 Å². The molecule has 2 amide bonds. The number of rotatable bonds is 3. The molecule has 2 saturated heterocycles. The maximum absolute atomic E-state index is 13.1. The second-order valence-corrected chi connectivity index (χ2v) is 7.97. The molecule has 0 spiro atoms. The minimum absolute atomic E-state index is 0.0139. The summed E-state index contributed by atoms with van der Waals surface area (Å²) in [5.74, 6) is 1.21. The largest absolute Gasteiger partial charge is 0.339 e. The number of benzene rings is 1. The van der Waals surface area contributed by atoms with Crippen LogP contribution in [0.15, 0.2) is 41.8 Å². The van der Waals surface area contributed by atoms with Crippen LogP contribution in [0.3, 0.4) is 0 Å². The number of fused-ring (bicyclic) bond motifs is 1. The number of carbonyl (C=O) groups excluding carboxylic acids is 2. The zero-order valence-electron chi connectivity index (χ0n) is 14.6. The second kappa shape index (κ2) is 7.60. The first-order chi connectivity index (χ1) is 12.7. The van der Waals surface area contributed by atoms with Gasteiger partial charge in [0.25, 0.3) is 11.8 Å². The lowest BCUT2D eigenvalue weighted by atomic mass is 9.92. The molecule has 0 radical (unpaired) electrons. The Kier molecular flexibility index (Phi) is 5.04. The van der Waals surface area contributed by atoms with E-state index in [0.717, 1.165) is 39.0 Å². The fourth-order valence-corrected chi connectivity index (χ4v) is 4.58. The van der Waals surface area contributed by atoms with Gasteiger partial charge >= 0.3 is 0 Å². The first kappa shape index (κ1) is 17.2. The fourth-order valence-electron chi connectivity index (χ4n) is 3.96. The quantitative estimate of drug-likeness (QED) is 0.874. The van der Waals surface area contributed by atoms with E-state index < -0.39 is 0 Å². The van der Waals surface area contributed by atoms with Gasteiger partial charge in [0.15, 0.2) is 0 Å². The molecule has 2 N–H and O–H groups in total. The monoisotopic (exact) mass is 369 g/mol. The highest BCUT2D eigenvalue weighted by Crippen LogP contribution is 2.28. The van der Waals surface area contributed by atoms with Crippen molar-refractivity contribution >= 4 is 28.8 Å². The van der Waals surface area contributed by atoms with E-state index >= 15 is 0 Å². The van der Waals surface area contributed by atoms with Crippen LogP contribution in [0.1, 0.15) is 32.9 Å². The van der Waals surface area contributed by atoms with Crippen LogP contribution in [0.4, 0.5) is 5.69 Å². The Morgan fingerprint density at radius 1 is 1.04 bits per heavy atom. The van der Waals surface area contributed by atoms with Crippen LogP contribution in [0, 0.1) is 11.8 Å². The van der Waals surface area contributed by atoms with Crippen LogP contribution in [0.5, 0.6) is 0 Å². The Bertz CT molecular complexity index is 776. The highest BCUT2D eigenvalue weighted by atomic mass is 32.1. The summed E-state index contributed by atoms with van der Waals surface area (Å²) in [7, 11) is 0. The number of hydrogen-bond donors (Lipinski definition) is 2. The molecule has 0 unspecified atom stereocenters. The predicted molar refractivity (Wildman–Crippen MR) is 104 cm³/mol. The van der Waals surface area contributed by atoms with Crippen molar-refractivity contribution in [1.82, 2.24) is 10.2 Å². The van der Waals surface area contributed by atoms with Crippen LogP contribution in [0.2, 0.25) is 0 Å². The van der Waals surface area contributed by atoms with Gasteiger partial charge in [-0.05, 0) is 61.3 Å². The van der Waals surface area contributed by atoms with Crippen LogP contribution < -0.4 is 10.6 Å². The number of para-hydroxylation sites is 1. The Balaban J connectivity index is 1.50. The summed E-state index contributed by atoms with van der Waals surface area (Å²) >= 11 is 1.39. The fraction of sp³-hybridized carbons (Fsp3) is 0.400. The maximum atomic E-state index is 13.1. The predicted octanol–water partition coefficient (Wildman–Crippen LogP) is 3.07. The molecule has 2 aliphatic heterocycles. The number of hydrogen-bond acceptors (Lipinski definition) is 4. The van der Waals surface area contributed by atoms with Gasteiger partial charge in [-0.1, -0.05) is 18.2 Å². The number of carbonyl (C=O) groups is 2. The summed E-state index contributed by atoms with van der Waals surface area (Å²) in [6, 6.07) is 10.9. The summed E-state index contributed by atoms with van der Waals surface area (Å²) in [6.45, 7) is 3.71. The van der Waals surface area contributed by atoms with Crippen molar-refractivity contribution in [3.8, 4) is 0 Å². The van der Waals surface area contributed by atoms with Gasteiger partial charge in [0.1, 0.15) is 0 Å². The first-order valence-corrected chi connectivity index (χ1v) is 10.0. The molecule has 2 aliphatic rings. The van der Waals surface area contributed by atoms with E-state index in [0.29, 0.717) is 28.0 Å². The molecule has 0 saturated carbocycles. The zero-order chi connectivity index (χ0) is 17.9. The summed E-state index contributed by atoms with van der Waals surface area (Å²) in [5, 5.41) is 8.23. The highest BCUT2D eigenvalue weighted by Gasteiger charge is 2.32. The lowest BCUT2D eigenvalue weighted by molar-refractivity contribution is 0.0759. The first-order valence-electron chi connectivity index (χ1n) is 9.16. The van der Waals surface area contributed by atoms with Crippen molar-refractivity contribution in [1.29, 1.82) is 0 Å². The van der Waals surface area contributed by atoms with Gasteiger partial charge in [-0.3, -0.25) is 9.59 Å². The molecular formula is C20H23N3O2S. The van der Waals surface area contributed by atoms with E-state index in [1.807, 2.05) is 28.5 Å². The standard InChI is InChI=1S/C20H23N3O2S/c24-19(18-6-3-11-26-18)22-17-5-2-1-4-16(17)20(25)23-9-7-14-12-21-13-15(14)8-10-23/h1-6,11,14-15,21H,7-10,12-13H2,(H,22,24)/t14-,15+. The molecule has 2 atom stereocenters. The van der Waals surface area contributed by atoms with Crippen molar-refractivity contribution in [3.63, 3.8) is 0 Å². The van der Waals surface area contributed by atoms with Gasteiger partial charge in [-0.2, -0.15) is 0 Å². The lowest BCUT2D eigenvalue weighted by Gasteiger charge is -2.22. The van der Waals surface area contributed by atoms with Crippen LogP contribution in [0.25, 0.3) is 0 Å². The smallest absolute Gasteiger partial charge is 0.265 e. The molecule has 136 valence electrons. The third-order valence-electron chi connectivity index (χ3n) is 5.46. The van der Waals surface area contributed by atoms with E-state index in [9.17, 15) is 9.59 Å². The number of amides is 2. The van der Waals surface area contributed by atoms with Crippen molar-refractivity contribution in [2.24, 2.45) is 11.8 Å². The van der Waals surface area contributed by atoms with Gasteiger partial charge in [0.2, 0.25) is 0 Å². The molecule has 1 aromatic heterocycles. The topological polar surface area (TPSA) is 61.4 Å². The second-order valence-electron chi connectivity index (χ2n) is 7.02. The number of nitrogens with one attached hydrogen (secondary N) is 2. The molecule has 6 heteroatoms. The Morgan fingerprint density at radius 2 is 1.77 bits per heavy atom. The van der Waals surface area contributed by atoms with Crippen molar-refractivity contribution in [2.45, 2.75) is 12.8 Å². The summed E-state index contributed by atoms with van der Waals surface area (Å²) in [4.78, 5) is 28.1. The number of nitrogens with zero attached hydrogens (tertiary/aromatic N) is 1. The van der Waals surface area contributed by atoms with Crippen LogP contribution >= 0.6 is 11.3 Å². The number of likely N-dealkylation sites (tertiary alicyclic amines) is 1. The maximum Gasteiger partial charge on any atom is 0.265 e. The average molecular weight is 369 g/mol. The molecular weight excluding hydrogens is 346 g/mol. The van der Waals surface area contributed by atoms with Crippen molar-refractivity contribution in [3.05, 3.63) is 52.2 Å². The van der Waals surface area contributed by atoms with Gasteiger partial charge in [0.05, 0.1) is 16.1 Å². The average Bonchev–Trinajstić information content (AvgIpc) is 3.31. The van der Waals surface area contributed by atoms with E-state index in [-0.39, 0.29) is 11.8 Å². The minimum Gasteiger partial charge on any atom is -0.339 e. The third kappa shape index (κ3) is 3.52. The molecule has 4 rings (SSSR count). The Morgan fingerprint density at radius 3 is 2.46 bits per heavy atom. The summed E-state index contributed by atoms with van der Waals surface area (Å²) in [5.41, 5.74) is 1.16. The molecule has 2 aromatic rings. The van der Waals surface area contributed by atoms with Crippen LogP contribution in [-0.2, 0) is 0 Å². The van der Waals surface area contributed by atoms with Crippen molar-refractivity contribution in [2.75, 3.05) is 31.5 Å². The molecule has 2 fully saturated rings. The normalized spacial score (nSPS) is 22.5. The van der Waals surface area contributed by atoms with Crippen LogP contribution in [-0.4, -0.2) is 42.9 Å². The van der Waals surface area contributed by atoms with Gasteiger partial charge in [0, 0.05) is 13.1 Å². The van der Waals surface area contributed by atoms with Gasteiger partial charge < -0.3 is 15.5 Å².